The van der Waals surface area contributed by atoms with Gasteiger partial charge in [-0.1, -0.05) is 0 Å². The number of nitrogens with one attached hydrogen (secondary N) is 1. The second-order valence-electron chi connectivity index (χ2n) is 2.83. The fourth-order valence-electron chi connectivity index (χ4n) is 1.06. The molecule has 0 bridgehead atoms. The first kappa shape index (κ1) is 9.79. The molecule has 0 saturated heterocycles. The van der Waals surface area contributed by atoms with Crippen LogP contribution in [0.15, 0.2) is 24.5 Å². The largest absolute Gasteiger partial charge is 0.325 e. The molecule has 0 aliphatic carbocycles. The molecule has 2 aromatic rings. The third-order valence-electron chi connectivity index (χ3n) is 1.66. The van der Waals surface area contributed by atoms with Gasteiger partial charge in [0.2, 0.25) is 5.28 Å². The van der Waals surface area contributed by atoms with E-state index in [1.807, 2.05) is 6.92 Å². The van der Waals surface area contributed by atoms with Crippen molar-refractivity contribution in [2.45, 2.75) is 6.92 Å². The van der Waals surface area contributed by atoms with E-state index in [0.717, 1.165) is 0 Å². The number of halogens is 1. The first-order chi connectivity index (χ1) is 7.24. The zero-order valence-electron chi connectivity index (χ0n) is 7.98. The lowest BCUT2D eigenvalue weighted by molar-refractivity contribution is 1.05. The summed E-state index contributed by atoms with van der Waals surface area (Å²) in [5.41, 5.74) is 0. The summed E-state index contributed by atoms with van der Waals surface area (Å²) < 4.78 is 0. The highest BCUT2D eigenvalue weighted by Gasteiger charge is 1.98. The van der Waals surface area contributed by atoms with Gasteiger partial charge < -0.3 is 5.32 Å². The van der Waals surface area contributed by atoms with E-state index in [1.54, 1.807) is 24.5 Å². The van der Waals surface area contributed by atoms with E-state index >= 15 is 0 Å². The quantitative estimate of drug-likeness (QED) is 0.786. The molecule has 5 nitrogen and oxygen atoms in total. The van der Waals surface area contributed by atoms with Crippen LogP contribution in [0.1, 0.15) is 5.82 Å². The van der Waals surface area contributed by atoms with Crippen molar-refractivity contribution in [2.24, 2.45) is 0 Å². The molecular weight excluding hydrogens is 214 g/mol. The third-order valence-corrected chi connectivity index (χ3v) is 1.84. The minimum absolute atomic E-state index is 0.200. The molecule has 0 aliphatic heterocycles. The van der Waals surface area contributed by atoms with Gasteiger partial charge in [0.25, 0.3) is 0 Å². The minimum atomic E-state index is 0.200. The van der Waals surface area contributed by atoms with Crippen LogP contribution in [0.4, 0.5) is 11.6 Å². The number of rotatable bonds is 2. The summed E-state index contributed by atoms with van der Waals surface area (Å²) in [5, 5.41) is 3.20. The van der Waals surface area contributed by atoms with Crippen molar-refractivity contribution in [3.8, 4) is 0 Å². The summed E-state index contributed by atoms with van der Waals surface area (Å²) in [6, 6.07) is 3.46. The molecule has 0 aliphatic rings. The summed E-state index contributed by atoms with van der Waals surface area (Å²) in [4.78, 5) is 15.9. The summed E-state index contributed by atoms with van der Waals surface area (Å²) in [7, 11) is 0. The molecule has 0 unspecified atom stereocenters. The molecule has 0 fully saturated rings. The minimum Gasteiger partial charge on any atom is -0.325 e. The van der Waals surface area contributed by atoms with Crippen molar-refractivity contribution >= 4 is 23.2 Å². The predicted octanol–water partition coefficient (Wildman–Crippen LogP) is 1.97. The van der Waals surface area contributed by atoms with Crippen LogP contribution in [0.25, 0.3) is 0 Å². The Morgan fingerprint density at radius 2 is 1.73 bits per heavy atom. The molecule has 0 saturated carbocycles. The lowest BCUT2D eigenvalue weighted by Crippen LogP contribution is -1.98. The molecule has 6 heteroatoms. The van der Waals surface area contributed by atoms with Crippen LogP contribution < -0.4 is 5.32 Å². The fraction of sp³-hybridized carbons (Fsp3) is 0.111. The van der Waals surface area contributed by atoms with Crippen LogP contribution in [-0.2, 0) is 0 Å². The van der Waals surface area contributed by atoms with Crippen LogP contribution in [0.3, 0.4) is 0 Å². The van der Waals surface area contributed by atoms with Crippen molar-refractivity contribution < 1.29 is 0 Å². The van der Waals surface area contributed by atoms with Crippen molar-refractivity contribution in [1.82, 2.24) is 19.9 Å². The zero-order valence-corrected chi connectivity index (χ0v) is 8.73. The predicted molar refractivity (Wildman–Crippen MR) is 57.1 cm³/mol. The van der Waals surface area contributed by atoms with Crippen molar-refractivity contribution in [3.63, 3.8) is 0 Å². The molecule has 0 aromatic carbocycles. The van der Waals surface area contributed by atoms with Crippen LogP contribution in [0.5, 0.6) is 0 Å². The normalized spacial score (nSPS) is 10.0. The zero-order chi connectivity index (χ0) is 10.7. The Balaban J connectivity index is 2.22. The topological polar surface area (TPSA) is 63.6 Å². The maximum Gasteiger partial charge on any atom is 0.224 e. The van der Waals surface area contributed by atoms with Crippen LogP contribution >= 0.6 is 11.6 Å². The number of aryl methyl sites for hydroxylation is 1. The van der Waals surface area contributed by atoms with E-state index in [9.17, 15) is 0 Å². The van der Waals surface area contributed by atoms with Crippen LogP contribution in [-0.4, -0.2) is 19.9 Å². The van der Waals surface area contributed by atoms with Gasteiger partial charge >= 0.3 is 0 Å². The molecule has 2 heterocycles. The maximum absolute atomic E-state index is 5.65. The Morgan fingerprint density at radius 1 is 1.07 bits per heavy atom. The second kappa shape index (κ2) is 4.18. The van der Waals surface area contributed by atoms with Crippen molar-refractivity contribution in [3.05, 3.63) is 35.6 Å². The fourth-order valence-corrected chi connectivity index (χ4v) is 1.21. The van der Waals surface area contributed by atoms with E-state index < -0.39 is 0 Å². The van der Waals surface area contributed by atoms with Gasteiger partial charge in [-0.05, 0) is 30.7 Å². The molecule has 2 aromatic heterocycles. The van der Waals surface area contributed by atoms with Crippen molar-refractivity contribution in [2.75, 3.05) is 5.32 Å². The molecule has 0 radical (unpaired) electrons. The smallest absolute Gasteiger partial charge is 0.224 e. The van der Waals surface area contributed by atoms with Crippen LogP contribution in [0, 0.1) is 6.92 Å². The highest BCUT2D eigenvalue weighted by atomic mass is 35.5. The average Bonchev–Trinajstić information content (AvgIpc) is 2.17. The van der Waals surface area contributed by atoms with Gasteiger partial charge in [-0.2, -0.15) is 0 Å². The molecular formula is C9H8ClN5. The molecule has 2 rings (SSSR count). The first-order valence-corrected chi connectivity index (χ1v) is 4.67. The Bertz CT molecular complexity index is 430. The number of hydrogen-bond acceptors (Lipinski definition) is 5. The SMILES string of the molecule is Cc1nccc(Nc2ccnc(Cl)n2)n1. The third kappa shape index (κ3) is 2.60. The lowest BCUT2D eigenvalue weighted by Gasteiger charge is -2.04. The standard InChI is InChI=1S/C9H8ClN5/c1-6-11-4-2-7(13-6)14-8-3-5-12-9(10)15-8/h2-5H,1H3,(H,11,12,13,14,15). The summed E-state index contributed by atoms with van der Waals surface area (Å²) >= 11 is 5.65. The highest BCUT2D eigenvalue weighted by Crippen LogP contribution is 2.12. The average molecular weight is 222 g/mol. The Labute approximate surface area is 91.6 Å². The van der Waals surface area contributed by atoms with Crippen LogP contribution in [0.2, 0.25) is 5.28 Å². The van der Waals surface area contributed by atoms with Crippen molar-refractivity contribution in [1.29, 1.82) is 0 Å². The van der Waals surface area contributed by atoms with Gasteiger partial charge in [0.05, 0.1) is 0 Å². The van der Waals surface area contributed by atoms with E-state index in [2.05, 4.69) is 25.3 Å². The maximum atomic E-state index is 5.65. The summed E-state index contributed by atoms with van der Waals surface area (Å²) in [6.45, 7) is 1.82. The Hall–Kier alpha value is -1.75. The first-order valence-electron chi connectivity index (χ1n) is 4.29. The lowest BCUT2D eigenvalue weighted by atomic mass is 10.5. The molecule has 1 N–H and O–H groups in total. The van der Waals surface area contributed by atoms with E-state index in [4.69, 9.17) is 11.6 Å². The van der Waals surface area contributed by atoms with Gasteiger partial charge in [0.15, 0.2) is 0 Å². The highest BCUT2D eigenvalue weighted by molar-refractivity contribution is 6.28. The van der Waals surface area contributed by atoms with Gasteiger partial charge in [-0.25, -0.2) is 19.9 Å². The van der Waals surface area contributed by atoms with Gasteiger partial charge in [0, 0.05) is 12.4 Å². The number of nitrogens with zero attached hydrogens (tertiary/aromatic N) is 4. The Kier molecular flexibility index (Phi) is 2.73. The molecule has 0 amide bonds. The number of hydrogen-bond donors (Lipinski definition) is 1. The van der Waals surface area contributed by atoms with E-state index in [-0.39, 0.29) is 5.28 Å². The van der Waals surface area contributed by atoms with Gasteiger partial charge in [-0.15, -0.1) is 0 Å². The molecule has 76 valence electrons. The monoisotopic (exact) mass is 221 g/mol. The van der Waals surface area contributed by atoms with Gasteiger partial charge in [-0.3, -0.25) is 0 Å². The van der Waals surface area contributed by atoms with Gasteiger partial charge in [0.1, 0.15) is 17.5 Å². The second-order valence-corrected chi connectivity index (χ2v) is 3.16. The molecule has 0 spiro atoms. The Morgan fingerprint density at radius 3 is 2.40 bits per heavy atom. The molecule has 0 atom stereocenters. The van der Waals surface area contributed by atoms with E-state index in [0.29, 0.717) is 17.5 Å². The number of anilines is 2. The number of aromatic nitrogens is 4. The summed E-state index contributed by atoms with van der Waals surface area (Å²) in [6.07, 6.45) is 3.25. The molecule has 15 heavy (non-hydrogen) atoms. The summed E-state index contributed by atoms with van der Waals surface area (Å²) in [5.74, 6) is 1.98. The van der Waals surface area contributed by atoms with E-state index in [1.165, 1.54) is 0 Å².